The molecule has 0 saturated carbocycles. The smallest absolute Gasteiger partial charge is 0.127 e. The third-order valence-electron chi connectivity index (χ3n) is 2.79. The van der Waals surface area contributed by atoms with Gasteiger partial charge in [-0.25, -0.2) is 8.78 Å². The number of rotatable bonds is 3. The summed E-state index contributed by atoms with van der Waals surface area (Å²) < 4.78 is 26.7. The van der Waals surface area contributed by atoms with Gasteiger partial charge in [-0.3, -0.25) is 0 Å². The van der Waals surface area contributed by atoms with Crippen LogP contribution in [0, 0.1) is 18.6 Å². The molecule has 0 saturated heterocycles. The molecule has 0 aliphatic rings. The van der Waals surface area contributed by atoms with Gasteiger partial charge in [0.15, 0.2) is 0 Å². The maximum absolute atomic E-state index is 13.6. The quantitative estimate of drug-likeness (QED) is 0.701. The lowest BCUT2D eigenvalue weighted by Crippen LogP contribution is -2.00. The fourth-order valence-electron chi connectivity index (χ4n) is 1.88. The van der Waals surface area contributed by atoms with Crippen LogP contribution in [0.2, 0.25) is 0 Å². The normalized spacial score (nSPS) is 12.4. The monoisotopic (exact) mass is 266 g/mol. The zero-order valence-electron chi connectivity index (χ0n) is 9.96. The highest BCUT2D eigenvalue weighted by Crippen LogP contribution is 2.28. The topological polar surface area (TPSA) is 0 Å². The van der Waals surface area contributed by atoms with Crippen molar-refractivity contribution in [1.29, 1.82) is 0 Å². The summed E-state index contributed by atoms with van der Waals surface area (Å²) in [6.45, 7) is 1.88. The molecule has 0 fully saturated rings. The highest BCUT2D eigenvalue weighted by atomic mass is 35.5. The first kappa shape index (κ1) is 13.0. The lowest BCUT2D eigenvalue weighted by atomic mass is 10.0. The van der Waals surface area contributed by atoms with Gasteiger partial charge in [-0.2, -0.15) is 0 Å². The lowest BCUT2D eigenvalue weighted by Gasteiger charge is -2.12. The third kappa shape index (κ3) is 3.08. The highest BCUT2D eigenvalue weighted by Gasteiger charge is 2.14. The first-order valence-corrected chi connectivity index (χ1v) is 6.14. The summed E-state index contributed by atoms with van der Waals surface area (Å²) >= 11 is 6.21. The first-order valence-electron chi connectivity index (χ1n) is 5.71. The standard InChI is InChI=1S/C15H13ClF2/c1-10-5-6-15(18)13(7-10)14(16)9-11-3-2-4-12(17)8-11/h2-8,14H,9H2,1H3. The van der Waals surface area contributed by atoms with Crippen LogP contribution < -0.4 is 0 Å². The summed E-state index contributed by atoms with van der Waals surface area (Å²) in [5.74, 6) is -0.627. The van der Waals surface area contributed by atoms with Crippen LogP contribution in [0.4, 0.5) is 8.78 Å². The zero-order valence-corrected chi connectivity index (χ0v) is 10.7. The molecule has 2 aromatic rings. The molecule has 0 heterocycles. The minimum Gasteiger partial charge on any atom is -0.207 e. The van der Waals surface area contributed by atoms with E-state index in [4.69, 9.17) is 11.6 Å². The Morgan fingerprint density at radius 3 is 2.61 bits per heavy atom. The Hall–Kier alpha value is -1.41. The number of hydrogen-bond donors (Lipinski definition) is 0. The van der Waals surface area contributed by atoms with Gasteiger partial charge in [0.1, 0.15) is 11.6 Å². The summed E-state index contributed by atoms with van der Waals surface area (Å²) in [5, 5.41) is -0.494. The molecule has 1 unspecified atom stereocenters. The maximum Gasteiger partial charge on any atom is 0.127 e. The lowest BCUT2D eigenvalue weighted by molar-refractivity contribution is 0.604. The van der Waals surface area contributed by atoms with Gasteiger partial charge in [-0.05, 0) is 37.1 Å². The van der Waals surface area contributed by atoms with Crippen LogP contribution in [0.25, 0.3) is 0 Å². The van der Waals surface area contributed by atoms with Crippen molar-refractivity contribution < 1.29 is 8.78 Å². The summed E-state index contributed by atoms with van der Waals surface area (Å²) in [7, 11) is 0. The van der Waals surface area contributed by atoms with Crippen LogP contribution >= 0.6 is 11.6 Å². The van der Waals surface area contributed by atoms with Gasteiger partial charge >= 0.3 is 0 Å². The van der Waals surface area contributed by atoms with Gasteiger partial charge in [0, 0.05) is 5.56 Å². The molecule has 3 heteroatoms. The van der Waals surface area contributed by atoms with E-state index in [-0.39, 0.29) is 11.6 Å². The van der Waals surface area contributed by atoms with E-state index in [0.29, 0.717) is 12.0 Å². The van der Waals surface area contributed by atoms with E-state index in [9.17, 15) is 8.78 Å². The molecule has 1 atom stereocenters. The second-order valence-electron chi connectivity index (χ2n) is 4.33. The molecule has 0 aliphatic heterocycles. The van der Waals surface area contributed by atoms with Crippen molar-refractivity contribution in [2.24, 2.45) is 0 Å². The van der Waals surface area contributed by atoms with Crippen molar-refractivity contribution >= 4 is 11.6 Å². The molecule has 0 amide bonds. The van der Waals surface area contributed by atoms with Crippen molar-refractivity contribution in [3.63, 3.8) is 0 Å². The van der Waals surface area contributed by atoms with Crippen LogP contribution in [-0.2, 0) is 6.42 Å². The van der Waals surface area contributed by atoms with Crippen molar-refractivity contribution in [2.45, 2.75) is 18.7 Å². The molecule has 0 N–H and O–H groups in total. The Labute approximate surface area is 110 Å². The minimum atomic E-state index is -0.494. The van der Waals surface area contributed by atoms with E-state index in [0.717, 1.165) is 11.1 Å². The van der Waals surface area contributed by atoms with Gasteiger partial charge in [0.2, 0.25) is 0 Å². The third-order valence-corrected chi connectivity index (χ3v) is 3.18. The summed E-state index contributed by atoms with van der Waals surface area (Å²) in [4.78, 5) is 0. The number of aryl methyl sites for hydroxylation is 1. The van der Waals surface area contributed by atoms with Crippen molar-refractivity contribution in [3.8, 4) is 0 Å². The van der Waals surface area contributed by atoms with Crippen LogP contribution in [0.15, 0.2) is 42.5 Å². The molecule has 0 spiro atoms. The predicted molar refractivity (Wildman–Crippen MR) is 69.8 cm³/mol. The predicted octanol–water partition coefficient (Wildman–Crippen LogP) is 4.80. The second-order valence-corrected chi connectivity index (χ2v) is 4.85. The van der Waals surface area contributed by atoms with Crippen molar-refractivity contribution in [3.05, 3.63) is 70.8 Å². The van der Waals surface area contributed by atoms with Crippen LogP contribution in [0.3, 0.4) is 0 Å². The second kappa shape index (κ2) is 5.49. The Morgan fingerprint density at radius 2 is 1.89 bits per heavy atom. The molecule has 0 aromatic heterocycles. The van der Waals surface area contributed by atoms with Crippen LogP contribution in [0.5, 0.6) is 0 Å². The Kier molecular flexibility index (Phi) is 3.97. The van der Waals surface area contributed by atoms with E-state index in [2.05, 4.69) is 0 Å². The number of halogens is 3. The molecular formula is C15H13ClF2. The van der Waals surface area contributed by atoms with E-state index in [1.54, 1.807) is 24.3 Å². The van der Waals surface area contributed by atoms with Gasteiger partial charge in [0.05, 0.1) is 5.38 Å². The van der Waals surface area contributed by atoms with Crippen LogP contribution in [-0.4, -0.2) is 0 Å². The molecule has 2 aromatic carbocycles. The van der Waals surface area contributed by atoms with Gasteiger partial charge < -0.3 is 0 Å². The molecule has 2 rings (SSSR count). The Bertz CT molecular complexity index is 552. The summed E-state index contributed by atoms with van der Waals surface area (Å²) in [5.41, 5.74) is 2.17. The van der Waals surface area contributed by atoms with Gasteiger partial charge in [-0.15, -0.1) is 11.6 Å². The molecule has 0 aliphatic carbocycles. The molecule has 0 bridgehead atoms. The number of benzene rings is 2. The van der Waals surface area contributed by atoms with Crippen molar-refractivity contribution in [1.82, 2.24) is 0 Å². The molecule has 0 nitrogen and oxygen atoms in total. The minimum absolute atomic E-state index is 0.305. The summed E-state index contributed by atoms with van der Waals surface area (Å²) in [6.07, 6.45) is 0.402. The first-order chi connectivity index (χ1) is 8.56. The highest BCUT2D eigenvalue weighted by molar-refractivity contribution is 6.20. The maximum atomic E-state index is 13.6. The largest absolute Gasteiger partial charge is 0.207 e. The van der Waals surface area contributed by atoms with Crippen molar-refractivity contribution in [2.75, 3.05) is 0 Å². The Morgan fingerprint density at radius 1 is 1.11 bits per heavy atom. The average Bonchev–Trinajstić information content (AvgIpc) is 2.32. The SMILES string of the molecule is Cc1ccc(F)c(C(Cl)Cc2cccc(F)c2)c1. The fourth-order valence-corrected chi connectivity index (χ4v) is 2.23. The van der Waals surface area contributed by atoms with Crippen LogP contribution in [0.1, 0.15) is 22.1 Å². The Balaban J connectivity index is 2.21. The summed E-state index contributed by atoms with van der Waals surface area (Å²) in [6, 6.07) is 11.0. The van der Waals surface area contributed by atoms with Gasteiger partial charge in [0.25, 0.3) is 0 Å². The average molecular weight is 267 g/mol. The van der Waals surface area contributed by atoms with E-state index in [1.807, 2.05) is 6.92 Å². The van der Waals surface area contributed by atoms with Gasteiger partial charge in [-0.1, -0.05) is 29.8 Å². The fraction of sp³-hybridized carbons (Fsp3) is 0.200. The van der Waals surface area contributed by atoms with E-state index in [1.165, 1.54) is 18.2 Å². The molecule has 94 valence electrons. The molecule has 0 radical (unpaired) electrons. The number of alkyl halides is 1. The van der Waals surface area contributed by atoms with E-state index >= 15 is 0 Å². The molecule has 18 heavy (non-hydrogen) atoms. The molecular weight excluding hydrogens is 254 g/mol. The zero-order chi connectivity index (χ0) is 13.1. The number of hydrogen-bond acceptors (Lipinski definition) is 0. The van der Waals surface area contributed by atoms with E-state index < -0.39 is 5.38 Å².